The topological polar surface area (TPSA) is 312 Å². The summed E-state index contributed by atoms with van der Waals surface area (Å²) in [5.74, 6) is -3.14. The number of allylic oxidation sites excluding steroid dienone is 2. The number of ether oxygens (including phenoxy) is 4. The fourth-order valence-electron chi connectivity index (χ4n) is 10.2. The second-order valence-corrected chi connectivity index (χ2v) is 27.5. The summed E-state index contributed by atoms with van der Waals surface area (Å²) < 4.78 is 67.3. The average molecular weight is 1330 g/mol. The van der Waals surface area contributed by atoms with Gasteiger partial charge in [0.15, 0.2) is 5.75 Å². The maximum Gasteiger partial charge on any atom is 1.00 e. The predicted molar refractivity (Wildman–Crippen MR) is 339 cm³/mol. The Labute approximate surface area is 571 Å². The third-order valence-corrected chi connectivity index (χ3v) is 18.2. The third-order valence-electron chi connectivity index (χ3n) is 14.7. The minimum atomic E-state index is -3.32. The number of methoxy groups -OCH3 is 2. The van der Waals surface area contributed by atoms with E-state index in [9.17, 15) is 52.8 Å². The van der Waals surface area contributed by atoms with Crippen LogP contribution >= 0.6 is 23.2 Å². The van der Waals surface area contributed by atoms with Crippen LogP contribution in [0, 0.1) is 37.9 Å². The number of halogens is 3. The van der Waals surface area contributed by atoms with Crippen molar-refractivity contribution < 1.29 is 113 Å². The van der Waals surface area contributed by atoms with Gasteiger partial charge in [-0.25, -0.2) is 18.7 Å². The maximum atomic E-state index is 13.2. The standard InChI is InChI=1S/C27H34ClN3O6S.C14H19ClO2.C13H16FN3O4S.C4H8O.C4H9O.K/c1-5-7-18(2)16-38(29,35)30-26(32)21-9-12-25(24(15-21)31(33)34)37-17-27(19(3)36-4)13-6-8-20-14-22(28)10-11-23(20)27;1-10(17-2)14(9-16)7-3-4-11-8-12(15)5-6-13(11)14;1-3-4-9(2)8-22(15,21)16-13(18)10-5-6-11(14)12(7-10)17(19)20;1-2-4-5-3-1;1-4(2,3)5;/h5,9-12,14-15,18-19H,1,6-8,13,16-17H2,2-4H3,(H2,29,30,32,35);5-6,8,10,16H,3-4,7,9H2,1-2H3;3,5-7,9H,1,4,8H2,2H3,(H2,15,16,18,21);1-4H2;1-3H3;/q;;;;-1;+1/t18-,19?,27+,38?;10?,14-;9-,22?;;;/m010.../s1. The van der Waals surface area contributed by atoms with Gasteiger partial charge in [0.2, 0.25) is 5.82 Å². The van der Waals surface area contributed by atoms with Crippen LogP contribution in [0.1, 0.15) is 143 Å². The molecule has 4 aromatic rings. The van der Waals surface area contributed by atoms with Crippen LogP contribution in [0.5, 0.6) is 5.75 Å². The molecule has 0 radical (unpaired) electrons. The number of carbonyl (C=O) groups is 2. The Balaban J connectivity index is 0.000000444. The molecule has 0 aromatic heterocycles. The number of nitrogens with zero attached hydrogens (tertiary/aromatic N) is 4. The van der Waals surface area contributed by atoms with Crippen LogP contribution < -0.4 is 71.5 Å². The molecule has 1 saturated heterocycles. The molecule has 2 amide bonds. The van der Waals surface area contributed by atoms with E-state index in [1.807, 2.05) is 57.2 Å². The second-order valence-electron chi connectivity index (χ2n) is 22.9. The molecule has 26 heteroatoms. The van der Waals surface area contributed by atoms with E-state index in [-0.39, 0.29) is 122 Å². The van der Waals surface area contributed by atoms with Crippen molar-refractivity contribution in [1.82, 2.24) is 0 Å². The van der Waals surface area contributed by atoms with Crippen LogP contribution in [0.25, 0.3) is 0 Å². The number of hydrogen-bond acceptors (Lipinski definition) is 14. The zero-order valence-corrected chi connectivity index (χ0v) is 58.5. The Morgan fingerprint density at radius 3 is 1.55 bits per heavy atom. The summed E-state index contributed by atoms with van der Waals surface area (Å²) in [6.45, 7) is 21.9. The average Bonchev–Trinajstić information content (AvgIpc) is 1.10. The zero-order chi connectivity index (χ0) is 65.5. The van der Waals surface area contributed by atoms with Crippen LogP contribution in [0.2, 0.25) is 10.0 Å². The molecular formula is C62H86Cl2FKN6O14S2. The smallest absolute Gasteiger partial charge is 0.850 e. The molecule has 482 valence electrons. The molecule has 0 bridgehead atoms. The van der Waals surface area contributed by atoms with E-state index in [0.29, 0.717) is 17.9 Å². The second kappa shape index (κ2) is 37.5. The van der Waals surface area contributed by atoms with E-state index < -0.39 is 69.7 Å². The Kier molecular flexibility index (Phi) is 34.2. The van der Waals surface area contributed by atoms with Gasteiger partial charge in [-0.15, -0.1) is 27.5 Å². The van der Waals surface area contributed by atoms with Crippen LogP contribution in [0.4, 0.5) is 15.8 Å². The SMILES string of the molecule is C1CCOC1.C=CC[C@H](C)CS(N)(=O)=NC(=O)c1ccc(F)c([N+](=O)[O-])c1.C=CC[C@H](C)CS(N)(=O)=NC(=O)c1ccc(OC[C@@]2(C(C)OC)CCCc3cc(Cl)ccc32)c([N+](=O)[O-])c1.CC(C)(C)[O-].COC(C)[C@]1(CO)CCCc2cc(Cl)ccc21.[K+]. The number of nitrogens with two attached hydrogens (primary N) is 2. The first kappa shape index (κ1) is 80.2. The van der Waals surface area contributed by atoms with E-state index >= 15 is 0 Å². The summed E-state index contributed by atoms with van der Waals surface area (Å²) in [4.78, 5) is 45.5. The number of hydrogen-bond donors (Lipinski definition) is 3. The van der Waals surface area contributed by atoms with Gasteiger partial charge in [-0.05, 0) is 161 Å². The van der Waals surface area contributed by atoms with Crippen LogP contribution in [0.15, 0.2) is 107 Å². The molecule has 88 heavy (non-hydrogen) atoms. The molecule has 7 rings (SSSR count). The molecule has 0 saturated carbocycles. The molecule has 1 fully saturated rings. The Morgan fingerprint density at radius 1 is 0.739 bits per heavy atom. The van der Waals surface area contributed by atoms with Gasteiger partial charge in [0.25, 0.3) is 11.8 Å². The van der Waals surface area contributed by atoms with Gasteiger partial charge in [-0.2, -0.15) is 4.39 Å². The number of rotatable bonds is 20. The van der Waals surface area contributed by atoms with Crippen molar-refractivity contribution in [2.45, 2.75) is 141 Å². The van der Waals surface area contributed by atoms with E-state index in [4.69, 9.17) is 52.4 Å². The van der Waals surface area contributed by atoms with Crippen LogP contribution in [0.3, 0.4) is 0 Å². The quantitative estimate of drug-likeness (QED) is 0.0322. The van der Waals surface area contributed by atoms with Gasteiger partial charge in [-0.3, -0.25) is 29.8 Å². The summed E-state index contributed by atoms with van der Waals surface area (Å²) >= 11 is 12.3. The first-order valence-electron chi connectivity index (χ1n) is 28.5. The van der Waals surface area contributed by atoms with Gasteiger partial charge in [-0.1, -0.05) is 82.1 Å². The molecule has 0 spiro atoms. The van der Waals surface area contributed by atoms with Crippen molar-refractivity contribution in [2.24, 2.45) is 30.8 Å². The van der Waals surface area contributed by atoms with Gasteiger partial charge in [0.1, 0.15) is 26.4 Å². The van der Waals surface area contributed by atoms with Crippen molar-refractivity contribution in [3.63, 3.8) is 0 Å². The minimum absolute atomic E-state index is 0. The molecule has 4 aromatic carbocycles. The van der Waals surface area contributed by atoms with Crippen LogP contribution in [-0.2, 0) is 57.7 Å². The molecule has 1 heterocycles. The Hall–Kier alpha value is -3.93. The molecule has 20 nitrogen and oxygen atoms in total. The number of fused-ring (bicyclic) bond motifs is 2. The van der Waals surface area contributed by atoms with E-state index in [0.717, 1.165) is 92.2 Å². The number of aryl methyl sites for hydroxylation is 2. The Bertz CT molecular complexity index is 3270. The fraction of sp³-hybridized carbons (Fsp3) is 0.516. The Morgan fingerprint density at radius 2 is 1.15 bits per heavy atom. The van der Waals surface area contributed by atoms with Gasteiger partial charge in [0.05, 0.1) is 34.1 Å². The molecule has 5 N–H and O–H groups in total. The molecule has 3 aliphatic rings. The molecule has 4 unspecified atom stereocenters. The predicted octanol–water partition coefficient (Wildman–Crippen LogP) is 8.95. The number of amides is 2. The van der Waals surface area contributed by atoms with Crippen LogP contribution in [-0.4, -0.2) is 105 Å². The molecule has 2 aliphatic carbocycles. The number of nitro groups is 2. The summed E-state index contributed by atoms with van der Waals surface area (Å²) in [6, 6.07) is 18.0. The number of benzene rings is 4. The zero-order valence-electron chi connectivity index (χ0n) is 52.3. The summed E-state index contributed by atoms with van der Waals surface area (Å²) in [5.41, 5.74) is 1.41. The largest absolute Gasteiger partial charge is 1.00 e. The van der Waals surface area contributed by atoms with Crippen molar-refractivity contribution >= 4 is 66.2 Å². The van der Waals surface area contributed by atoms with Gasteiger partial charge in [0, 0.05) is 77.7 Å². The first-order valence-corrected chi connectivity index (χ1v) is 32.7. The van der Waals surface area contributed by atoms with Crippen molar-refractivity contribution in [3.05, 3.63) is 168 Å². The maximum absolute atomic E-state index is 13.2. The van der Waals surface area contributed by atoms with E-state index in [2.05, 4.69) is 21.9 Å². The van der Waals surface area contributed by atoms with Gasteiger partial charge < -0.3 is 29.2 Å². The monoisotopic (exact) mass is 1330 g/mol. The molecule has 1 aliphatic heterocycles. The summed E-state index contributed by atoms with van der Waals surface area (Å²) in [6.07, 6.45) is 12.3. The number of aliphatic hydroxyl groups excluding tert-OH is 1. The van der Waals surface area contributed by atoms with E-state index in [1.165, 1.54) is 36.1 Å². The molecular weight excluding hydrogens is 1250 g/mol. The first-order chi connectivity index (χ1) is 40.7. The minimum Gasteiger partial charge on any atom is -0.850 e. The van der Waals surface area contributed by atoms with Gasteiger partial charge >= 0.3 is 62.8 Å². The number of carbonyl (C=O) groups excluding carboxylic acids is 2. The summed E-state index contributed by atoms with van der Waals surface area (Å²) in [7, 11) is -3.27. The molecule has 8 atom stereocenters. The van der Waals surface area contributed by atoms with Crippen molar-refractivity contribution in [1.29, 1.82) is 0 Å². The fourth-order valence-corrected chi connectivity index (χ4v) is 13.4. The number of nitro benzene ring substituents is 2. The summed E-state index contributed by atoms with van der Waals surface area (Å²) in [5, 5.41) is 55.2. The normalized spacial score (nSPS) is 19.2. The number of aliphatic hydroxyl groups is 1. The van der Waals surface area contributed by atoms with Crippen molar-refractivity contribution in [2.75, 3.05) is 52.2 Å². The third kappa shape index (κ3) is 25.3. The van der Waals surface area contributed by atoms with E-state index in [1.54, 1.807) is 54.1 Å². The van der Waals surface area contributed by atoms with Crippen molar-refractivity contribution in [3.8, 4) is 5.75 Å².